The third-order valence-electron chi connectivity index (χ3n) is 6.35. The highest BCUT2D eigenvalue weighted by molar-refractivity contribution is 7.22. The number of aliphatic hydroxyl groups is 1. The summed E-state index contributed by atoms with van der Waals surface area (Å²) < 4.78 is 19.9. The van der Waals surface area contributed by atoms with Gasteiger partial charge in [-0.15, -0.1) is 0 Å². The van der Waals surface area contributed by atoms with Crippen molar-refractivity contribution in [3.8, 4) is 5.75 Å². The molecule has 1 fully saturated rings. The number of aliphatic hydroxyl groups excluding tert-OH is 1. The Bertz CT molecular complexity index is 1520. The summed E-state index contributed by atoms with van der Waals surface area (Å²) >= 11 is 1.12. The van der Waals surface area contributed by atoms with Gasteiger partial charge >= 0.3 is 5.91 Å². The van der Waals surface area contributed by atoms with Crippen LogP contribution in [-0.4, -0.2) is 28.4 Å². The van der Waals surface area contributed by atoms with E-state index in [1.165, 1.54) is 23.1 Å². The molecule has 1 unspecified atom stereocenters. The molecule has 4 aromatic rings. The van der Waals surface area contributed by atoms with E-state index in [1.54, 1.807) is 24.3 Å². The van der Waals surface area contributed by atoms with Crippen LogP contribution in [0.2, 0.25) is 0 Å². The second-order valence-corrected chi connectivity index (χ2v) is 10.1. The van der Waals surface area contributed by atoms with E-state index >= 15 is 0 Å². The highest BCUT2D eigenvalue weighted by atomic mass is 32.1. The number of carbonyl (C=O) groups excluding carboxylic acids is 2. The van der Waals surface area contributed by atoms with E-state index in [2.05, 4.69) is 18.8 Å². The number of hydrogen-bond donors (Lipinski definition) is 1. The van der Waals surface area contributed by atoms with Crippen molar-refractivity contribution in [1.82, 2.24) is 4.98 Å². The van der Waals surface area contributed by atoms with Crippen molar-refractivity contribution in [1.29, 1.82) is 0 Å². The first-order valence-corrected chi connectivity index (χ1v) is 12.8. The number of rotatable bonds is 6. The SMILES string of the molecule is CCOc1ccc(C(O)=C2C(=O)C(=O)N(c3nc4ccc(F)cc4s3)C2c2ccc(C(C)C)cc2)cc1. The van der Waals surface area contributed by atoms with Gasteiger partial charge in [-0.25, -0.2) is 9.37 Å². The molecular weight excluding hydrogens is 491 g/mol. The Morgan fingerprint density at radius 2 is 1.78 bits per heavy atom. The molecule has 1 atom stereocenters. The van der Waals surface area contributed by atoms with E-state index in [-0.39, 0.29) is 16.5 Å². The third-order valence-corrected chi connectivity index (χ3v) is 7.36. The Morgan fingerprint density at radius 1 is 1.08 bits per heavy atom. The number of anilines is 1. The van der Waals surface area contributed by atoms with Gasteiger partial charge in [-0.05, 0) is 66.4 Å². The van der Waals surface area contributed by atoms with E-state index in [0.717, 1.165) is 16.9 Å². The maximum absolute atomic E-state index is 13.8. The van der Waals surface area contributed by atoms with Gasteiger partial charge in [-0.2, -0.15) is 0 Å². The fraction of sp³-hybridized carbons (Fsp3) is 0.207. The largest absolute Gasteiger partial charge is 0.507 e. The van der Waals surface area contributed by atoms with Crippen LogP contribution in [0.4, 0.5) is 9.52 Å². The van der Waals surface area contributed by atoms with Crippen LogP contribution >= 0.6 is 11.3 Å². The molecule has 0 bridgehead atoms. The van der Waals surface area contributed by atoms with Crippen molar-refractivity contribution < 1.29 is 23.8 Å². The van der Waals surface area contributed by atoms with Crippen LogP contribution in [0.25, 0.3) is 16.0 Å². The smallest absolute Gasteiger partial charge is 0.301 e. The van der Waals surface area contributed by atoms with Gasteiger partial charge in [-0.3, -0.25) is 14.5 Å². The lowest BCUT2D eigenvalue weighted by atomic mass is 9.93. The highest BCUT2D eigenvalue weighted by Gasteiger charge is 2.48. The molecule has 3 aromatic carbocycles. The molecule has 0 saturated carbocycles. The van der Waals surface area contributed by atoms with Gasteiger partial charge in [0.25, 0.3) is 5.78 Å². The van der Waals surface area contributed by atoms with Crippen molar-refractivity contribution in [2.24, 2.45) is 0 Å². The summed E-state index contributed by atoms with van der Waals surface area (Å²) in [6.45, 7) is 6.52. The number of Topliss-reactive ketones (excluding diaryl/α,β-unsaturated/α-hetero) is 1. The normalized spacial score (nSPS) is 17.2. The quantitative estimate of drug-likeness (QED) is 0.178. The zero-order valence-corrected chi connectivity index (χ0v) is 21.4. The van der Waals surface area contributed by atoms with Gasteiger partial charge < -0.3 is 9.84 Å². The monoisotopic (exact) mass is 516 g/mol. The molecule has 1 amide bonds. The molecule has 1 aliphatic rings. The van der Waals surface area contributed by atoms with Gasteiger partial charge in [0.15, 0.2) is 5.13 Å². The highest BCUT2D eigenvalue weighted by Crippen LogP contribution is 2.44. The average molecular weight is 517 g/mol. The summed E-state index contributed by atoms with van der Waals surface area (Å²) in [5.41, 5.74) is 2.63. The number of halogens is 1. The van der Waals surface area contributed by atoms with Crippen molar-refractivity contribution >= 4 is 44.1 Å². The van der Waals surface area contributed by atoms with Crippen LogP contribution in [-0.2, 0) is 9.59 Å². The number of aromatic nitrogens is 1. The molecule has 37 heavy (non-hydrogen) atoms. The van der Waals surface area contributed by atoms with Crippen molar-refractivity contribution in [2.75, 3.05) is 11.5 Å². The van der Waals surface area contributed by atoms with Gasteiger partial charge in [0.2, 0.25) is 0 Å². The van der Waals surface area contributed by atoms with Crippen LogP contribution in [0.3, 0.4) is 0 Å². The maximum Gasteiger partial charge on any atom is 0.301 e. The lowest BCUT2D eigenvalue weighted by molar-refractivity contribution is -0.132. The van der Waals surface area contributed by atoms with E-state index < -0.39 is 23.5 Å². The number of fused-ring (bicyclic) bond motifs is 1. The summed E-state index contributed by atoms with van der Waals surface area (Å²) in [4.78, 5) is 32.6. The predicted octanol–water partition coefficient (Wildman–Crippen LogP) is 6.58. The molecule has 0 radical (unpaired) electrons. The molecular formula is C29H25FN2O4S. The fourth-order valence-corrected chi connectivity index (χ4v) is 5.45. The van der Waals surface area contributed by atoms with Crippen molar-refractivity contribution in [3.05, 3.63) is 94.8 Å². The standard InChI is InChI=1S/C29H25FN2O4S/c1-4-36-21-12-9-19(10-13-21)26(33)24-25(18-7-5-17(6-8-18)16(2)3)32(28(35)27(24)34)29-31-22-14-11-20(30)15-23(22)37-29/h5-16,25,33H,4H2,1-3H3. The molecule has 6 nitrogen and oxygen atoms in total. The number of ether oxygens (including phenoxy) is 1. The average Bonchev–Trinajstić information content (AvgIpc) is 3.42. The molecule has 188 valence electrons. The van der Waals surface area contributed by atoms with Crippen LogP contribution in [0.5, 0.6) is 5.75 Å². The molecule has 1 aromatic heterocycles. The molecule has 0 aliphatic carbocycles. The number of thiazole rings is 1. The Balaban J connectivity index is 1.68. The zero-order valence-electron chi connectivity index (χ0n) is 20.6. The maximum atomic E-state index is 13.8. The summed E-state index contributed by atoms with van der Waals surface area (Å²) in [5, 5.41) is 11.6. The Labute approximate surface area is 217 Å². The van der Waals surface area contributed by atoms with Gasteiger partial charge in [0.1, 0.15) is 17.3 Å². The minimum atomic E-state index is -0.904. The number of benzene rings is 3. The van der Waals surface area contributed by atoms with Gasteiger partial charge in [-0.1, -0.05) is 49.4 Å². The lowest BCUT2D eigenvalue weighted by Crippen LogP contribution is -2.29. The topological polar surface area (TPSA) is 79.7 Å². The second-order valence-electron chi connectivity index (χ2n) is 9.06. The Hall–Kier alpha value is -4.04. The Kier molecular flexibility index (Phi) is 6.52. The number of amides is 1. The lowest BCUT2D eigenvalue weighted by Gasteiger charge is -2.23. The van der Waals surface area contributed by atoms with Crippen LogP contribution in [0.1, 0.15) is 49.4 Å². The summed E-state index contributed by atoms with van der Waals surface area (Å²) in [7, 11) is 0. The van der Waals surface area contributed by atoms with E-state index in [1.807, 2.05) is 31.2 Å². The predicted molar refractivity (Wildman–Crippen MR) is 143 cm³/mol. The zero-order chi connectivity index (χ0) is 26.3. The van der Waals surface area contributed by atoms with Crippen LogP contribution in [0, 0.1) is 5.82 Å². The minimum Gasteiger partial charge on any atom is -0.507 e. The van der Waals surface area contributed by atoms with Crippen molar-refractivity contribution in [3.63, 3.8) is 0 Å². The van der Waals surface area contributed by atoms with Crippen LogP contribution < -0.4 is 9.64 Å². The first-order chi connectivity index (χ1) is 17.8. The number of ketones is 1. The van der Waals surface area contributed by atoms with Crippen molar-refractivity contribution in [2.45, 2.75) is 32.7 Å². The van der Waals surface area contributed by atoms with E-state index in [4.69, 9.17) is 4.74 Å². The summed E-state index contributed by atoms with van der Waals surface area (Å²) in [6.07, 6.45) is 0. The van der Waals surface area contributed by atoms with Gasteiger partial charge in [0, 0.05) is 5.56 Å². The molecule has 0 spiro atoms. The van der Waals surface area contributed by atoms with Gasteiger partial charge in [0.05, 0.1) is 28.4 Å². The molecule has 2 heterocycles. The fourth-order valence-electron chi connectivity index (χ4n) is 4.43. The van der Waals surface area contributed by atoms with Crippen LogP contribution in [0.15, 0.2) is 72.3 Å². The summed E-state index contributed by atoms with van der Waals surface area (Å²) in [6, 6.07) is 17.6. The molecule has 1 saturated heterocycles. The van der Waals surface area contributed by atoms with E-state index in [0.29, 0.717) is 39.6 Å². The molecule has 1 N–H and O–H groups in total. The Morgan fingerprint density at radius 3 is 2.43 bits per heavy atom. The molecule has 5 rings (SSSR count). The molecule has 1 aliphatic heterocycles. The second kappa shape index (κ2) is 9.78. The first-order valence-electron chi connectivity index (χ1n) is 12.0. The third kappa shape index (κ3) is 4.49. The molecule has 8 heteroatoms. The summed E-state index contributed by atoms with van der Waals surface area (Å²) in [5.74, 6) is -1.39. The first kappa shape index (κ1) is 24.6. The van der Waals surface area contributed by atoms with E-state index in [9.17, 15) is 19.1 Å². The number of nitrogens with zero attached hydrogens (tertiary/aromatic N) is 2. The minimum absolute atomic E-state index is 0.0307. The number of carbonyl (C=O) groups is 2. The number of hydrogen-bond acceptors (Lipinski definition) is 6.